The third kappa shape index (κ3) is 0.705. The zero-order valence-electron chi connectivity index (χ0n) is 6.66. The van der Waals surface area contributed by atoms with Gasteiger partial charge in [-0.15, -0.1) is 0 Å². The summed E-state index contributed by atoms with van der Waals surface area (Å²) in [6.07, 6.45) is 1.29. The number of hydrogen-bond acceptors (Lipinski definition) is 0. The van der Waals surface area contributed by atoms with Crippen LogP contribution in [0.1, 0.15) is 34.1 Å². The minimum Gasteiger partial charge on any atom is -0.0878 e. The second-order valence-corrected chi connectivity index (χ2v) is 4.77. The van der Waals surface area contributed by atoms with Crippen molar-refractivity contribution >= 4 is 15.9 Å². The highest BCUT2D eigenvalue weighted by Gasteiger charge is 2.65. The summed E-state index contributed by atoms with van der Waals surface area (Å²) in [5.74, 6) is 0. The van der Waals surface area contributed by atoms with Gasteiger partial charge in [-0.3, -0.25) is 0 Å². The molecule has 2 atom stereocenters. The van der Waals surface area contributed by atoms with Crippen LogP contribution in [-0.2, 0) is 0 Å². The summed E-state index contributed by atoms with van der Waals surface area (Å²) in [4.78, 5) is 0.738. The van der Waals surface area contributed by atoms with Crippen LogP contribution in [0.5, 0.6) is 0 Å². The Bertz CT molecular complexity index is 129. The Morgan fingerprint density at radius 1 is 1.33 bits per heavy atom. The lowest BCUT2D eigenvalue weighted by atomic mass is 9.96. The van der Waals surface area contributed by atoms with Gasteiger partial charge < -0.3 is 0 Å². The third-order valence-electron chi connectivity index (χ3n) is 3.32. The number of rotatable bonds is 1. The van der Waals surface area contributed by atoms with Gasteiger partial charge in [0.1, 0.15) is 0 Å². The Kier molecular flexibility index (Phi) is 1.47. The van der Waals surface area contributed by atoms with Crippen molar-refractivity contribution in [2.45, 2.75) is 38.9 Å². The minimum atomic E-state index is 0.530. The molecule has 0 bridgehead atoms. The molecular weight excluding hydrogens is 176 g/mol. The van der Waals surface area contributed by atoms with Crippen molar-refractivity contribution in [1.82, 2.24) is 0 Å². The van der Waals surface area contributed by atoms with E-state index < -0.39 is 0 Å². The Morgan fingerprint density at radius 3 is 1.67 bits per heavy atom. The van der Waals surface area contributed by atoms with Crippen LogP contribution in [0.25, 0.3) is 0 Å². The van der Waals surface area contributed by atoms with E-state index in [1.807, 2.05) is 0 Å². The second-order valence-electron chi connectivity index (χ2n) is 3.86. The zero-order chi connectivity index (χ0) is 7.28. The van der Waals surface area contributed by atoms with E-state index in [0.717, 1.165) is 4.83 Å². The van der Waals surface area contributed by atoms with Crippen molar-refractivity contribution in [2.75, 3.05) is 0 Å². The van der Waals surface area contributed by atoms with E-state index >= 15 is 0 Å². The molecule has 9 heavy (non-hydrogen) atoms. The summed E-state index contributed by atoms with van der Waals surface area (Å²) < 4.78 is 0. The van der Waals surface area contributed by atoms with Crippen molar-refractivity contribution in [1.29, 1.82) is 0 Å². The fraction of sp³-hybridized carbons (Fsp3) is 1.00. The Morgan fingerprint density at radius 2 is 1.67 bits per heavy atom. The fourth-order valence-corrected chi connectivity index (χ4v) is 2.93. The van der Waals surface area contributed by atoms with E-state index in [4.69, 9.17) is 0 Å². The molecule has 1 fully saturated rings. The maximum absolute atomic E-state index is 3.69. The van der Waals surface area contributed by atoms with Gasteiger partial charge in [0.15, 0.2) is 0 Å². The summed E-state index contributed by atoms with van der Waals surface area (Å²) in [6, 6.07) is 0. The lowest BCUT2D eigenvalue weighted by Gasteiger charge is -2.09. The molecule has 0 heterocycles. The first kappa shape index (κ1) is 7.59. The normalized spacial score (nSPS) is 47.0. The lowest BCUT2D eigenvalue weighted by Crippen LogP contribution is -2.00. The number of halogens is 1. The van der Waals surface area contributed by atoms with Crippen molar-refractivity contribution < 1.29 is 0 Å². The van der Waals surface area contributed by atoms with Crippen LogP contribution in [0.2, 0.25) is 0 Å². The smallest absolute Gasteiger partial charge is 0.0261 e. The molecule has 0 nitrogen and oxygen atoms in total. The van der Waals surface area contributed by atoms with Crippen molar-refractivity contribution in [3.63, 3.8) is 0 Å². The van der Waals surface area contributed by atoms with Crippen LogP contribution in [0.15, 0.2) is 0 Å². The standard InChI is InChI=1S/C8H15Br/c1-5-8(4)6(9)7(8,2)3/h6H,5H2,1-4H3. The molecule has 0 amide bonds. The summed E-state index contributed by atoms with van der Waals surface area (Å²) in [5, 5.41) is 0. The summed E-state index contributed by atoms with van der Waals surface area (Å²) >= 11 is 3.69. The van der Waals surface area contributed by atoms with Gasteiger partial charge in [-0.25, -0.2) is 0 Å². The zero-order valence-corrected chi connectivity index (χ0v) is 8.25. The molecule has 0 saturated heterocycles. The number of hydrogen-bond donors (Lipinski definition) is 0. The quantitative estimate of drug-likeness (QED) is 0.558. The molecule has 0 spiro atoms. The van der Waals surface area contributed by atoms with E-state index in [-0.39, 0.29) is 0 Å². The van der Waals surface area contributed by atoms with Crippen molar-refractivity contribution in [2.24, 2.45) is 10.8 Å². The summed E-state index contributed by atoms with van der Waals surface area (Å²) in [5.41, 5.74) is 1.09. The maximum Gasteiger partial charge on any atom is 0.0261 e. The van der Waals surface area contributed by atoms with Gasteiger partial charge in [-0.2, -0.15) is 0 Å². The molecule has 0 radical (unpaired) electrons. The lowest BCUT2D eigenvalue weighted by molar-refractivity contribution is 0.406. The fourth-order valence-electron chi connectivity index (χ4n) is 1.63. The molecule has 54 valence electrons. The molecule has 0 N–H and O–H groups in total. The third-order valence-corrected chi connectivity index (χ3v) is 5.47. The Labute approximate surface area is 66.2 Å². The van der Waals surface area contributed by atoms with E-state index in [2.05, 4.69) is 43.6 Å². The number of alkyl halides is 1. The average Bonchev–Trinajstić information content (AvgIpc) is 2.16. The average molecular weight is 191 g/mol. The second kappa shape index (κ2) is 1.75. The van der Waals surface area contributed by atoms with E-state index in [9.17, 15) is 0 Å². The molecule has 2 unspecified atom stereocenters. The topological polar surface area (TPSA) is 0 Å². The molecule has 1 heteroatoms. The van der Waals surface area contributed by atoms with Crippen molar-refractivity contribution in [3.8, 4) is 0 Å². The first-order valence-electron chi connectivity index (χ1n) is 3.61. The van der Waals surface area contributed by atoms with E-state index in [0.29, 0.717) is 10.8 Å². The summed E-state index contributed by atoms with van der Waals surface area (Å²) in [6.45, 7) is 9.28. The minimum absolute atomic E-state index is 0.530. The van der Waals surface area contributed by atoms with Gasteiger partial charge in [0.25, 0.3) is 0 Å². The molecule has 1 aliphatic rings. The molecule has 0 aromatic rings. The summed E-state index contributed by atoms with van der Waals surface area (Å²) in [7, 11) is 0. The first-order valence-corrected chi connectivity index (χ1v) is 4.52. The Hall–Kier alpha value is 0.480. The molecule has 0 aromatic heterocycles. The molecule has 0 aromatic carbocycles. The van der Waals surface area contributed by atoms with Gasteiger partial charge in [0.2, 0.25) is 0 Å². The van der Waals surface area contributed by atoms with Crippen LogP contribution >= 0.6 is 15.9 Å². The van der Waals surface area contributed by atoms with Crippen LogP contribution in [0, 0.1) is 10.8 Å². The highest BCUT2D eigenvalue weighted by atomic mass is 79.9. The van der Waals surface area contributed by atoms with Crippen LogP contribution in [0.4, 0.5) is 0 Å². The first-order chi connectivity index (χ1) is 3.97. The molecule has 1 rings (SSSR count). The predicted octanol–water partition coefficient (Wildman–Crippen LogP) is 3.21. The van der Waals surface area contributed by atoms with Crippen LogP contribution in [0.3, 0.4) is 0 Å². The van der Waals surface area contributed by atoms with Gasteiger partial charge >= 0.3 is 0 Å². The SMILES string of the molecule is CCC1(C)C(Br)C1(C)C. The van der Waals surface area contributed by atoms with Gasteiger partial charge in [0.05, 0.1) is 0 Å². The van der Waals surface area contributed by atoms with E-state index in [1.165, 1.54) is 6.42 Å². The van der Waals surface area contributed by atoms with Crippen LogP contribution in [-0.4, -0.2) is 4.83 Å². The monoisotopic (exact) mass is 190 g/mol. The van der Waals surface area contributed by atoms with Gasteiger partial charge in [-0.1, -0.05) is 43.6 Å². The highest BCUT2D eigenvalue weighted by Crippen LogP contribution is 2.68. The molecule has 1 saturated carbocycles. The molecular formula is C8H15Br. The van der Waals surface area contributed by atoms with Crippen molar-refractivity contribution in [3.05, 3.63) is 0 Å². The largest absolute Gasteiger partial charge is 0.0878 e. The Balaban J connectivity index is 2.70. The van der Waals surface area contributed by atoms with Gasteiger partial charge in [0, 0.05) is 4.83 Å². The maximum atomic E-state index is 3.69. The van der Waals surface area contributed by atoms with Crippen LogP contribution < -0.4 is 0 Å². The predicted molar refractivity (Wildman–Crippen MR) is 44.9 cm³/mol. The highest BCUT2D eigenvalue weighted by molar-refractivity contribution is 9.09. The molecule has 0 aliphatic heterocycles. The van der Waals surface area contributed by atoms with E-state index in [1.54, 1.807) is 0 Å². The van der Waals surface area contributed by atoms with Gasteiger partial charge in [-0.05, 0) is 17.3 Å². The molecule has 1 aliphatic carbocycles.